The molecule has 1 atom stereocenters. The van der Waals surface area contributed by atoms with Crippen LogP contribution in [0.3, 0.4) is 0 Å². The van der Waals surface area contributed by atoms with E-state index in [0.717, 1.165) is 27.4 Å². The number of aryl methyl sites for hydroxylation is 2. The number of hydrogen-bond donors (Lipinski definition) is 1. The molecular formula is C20H24N4O2S2. The van der Waals surface area contributed by atoms with Crippen molar-refractivity contribution in [2.75, 3.05) is 13.6 Å². The number of aromatic nitrogens is 3. The lowest BCUT2D eigenvalue weighted by Crippen LogP contribution is -2.35. The molecule has 8 heteroatoms. The Bertz CT molecular complexity index is 1030. The predicted molar refractivity (Wildman–Crippen MR) is 116 cm³/mol. The van der Waals surface area contributed by atoms with Gasteiger partial charge in [-0.3, -0.25) is 14.6 Å². The Morgan fingerprint density at radius 3 is 2.86 bits per heavy atom. The van der Waals surface area contributed by atoms with Crippen LogP contribution in [-0.2, 0) is 17.0 Å². The first-order chi connectivity index (χ1) is 13.4. The average Bonchev–Trinajstić information content (AvgIpc) is 2.98. The first kappa shape index (κ1) is 20.5. The number of carbonyl (C=O) groups is 1. The summed E-state index contributed by atoms with van der Waals surface area (Å²) in [5, 5.41) is 0.455. The van der Waals surface area contributed by atoms with E-state index in [1.165, 1.54) is 23.1 Å². The maximum absolute atomic E-state index is 12.6. The van der Waals surface area contributed by atoms with Gasteiger partial charge in [0.2, 0.25) is 5.91 Å². The van der Waals surface area contributed by atoms with Gasteiger partial charge >= 0.3 is 0 Å². The molecule has 3 rings (SSSR count). The summed E-state index contributed by atoms with van der Waals surface area (Å²) in [7, 11) is 1.81. The SMILES string of the molecule is Cc1sc2nc(CSC(C)C(=O)N(C)CCc3ccccn3)[nH]c(=O)c2c1C. The molecule has 3 aromatic rings. The summed E-state index contributed by atoms with van der Waals surface area (Å²) in [6, 6.07) is 5.79. The monoisotopic (exact) mass is 416 g/mol. The molecule has 0 aliphatic carbocycles. The number of pyridine rings is 1. The summed E-state index contributed by atoms with van der Waals surface area (Å²) >= 11 is 3.02. The minimum absolute atomic E-state index is 0.0622. The van der Waals surface area contributed by atoms with Gasteiger partial charge in [-0.2, -0.15) is 0 Å². The highest BCUT2D eigenvalue weighted by atomic mass is 32.2. The van der Waals surface area contributed by atoms with Crippen LogP contribution in [0.5, 0.6) is 0 Å². The van der Waals surface area contributed by atoms with Gasteiger partial charge in [-0.05, 0) is 38.5 Å². The van der Waals surface area contributed by atoms with Crippen molar-refractivity contribution in [1.29, 1.82) is 0 Å². The summed E-state index contributed by atoms with van der Waals surface area (Å²) in [5.41, 5.74) is 1.86. The number of carbonyl (C=O) groups excluding carboxylic acids is 1. The minimum Gasteiger partial charge on any atom is -0.344 e. The van der Waals surface area contributed by atoms with E-state index in [0.29, 0.717) is 23.5 Å². The lowest BCUT2D eigenvalue weighted by Gasteiger charge is -2.21. The standard InChI is InChI=1S/C20H24N4O2S2/c1-12-13(2)28-19-17(12)18(25)22-16(23-19)11-27-14(3)20(26)24(4)10-8-15-7-5-6-9-21-15/h5-7,9,14H,8,10-11H2,1-4H3,(H,22,23,25). The van der Waals surface area contributed by atoms with Gasteiger partial charge in [-0.15, -0.1) is 23.1 Å². The molecule has 28 heavy (non-hydrogen) atoms. The topological polar surface area (TPSA) is 79.0 Å². The third kappa shape index (κ3) is 4.62. The summed E-state index contributed by atoms with van der Waals surface area (Å²) in [4.78, 5) is 40.3. The van der Waals surface area contributed by atoms with Gasteiger partial charge in [0.15, 0.2) is 0 Å². The minimum atomic E-state index is -0.221. The summed E-state index contributed by atoms with van der Waals surface area (Å²) in [5.74, 6) is 1.16. The Labute approximate surface area is 172 Å². The molecule has 1 unspecified atom stereocenters. The molecule has 0 saturated heterocycles. The van der Waals surface area contributed by atoms with E-state index < -0.39 is 0 Å². The highest BCUT2D eigenvalue weighted by molar-refractivity contribution is 7.99. The summed E-state index contributed by atoms with van der Waals surface area (Å²) < 4.78 is 0. The van der Waals surface area contributed by atoms with Crippen LogP contribution >= 0.6 is 23.1 Å². The van der Waals surface area contributed by atoms with E-state index in [1.54, 1.807) is 11.1 Å². The van der Waals surface area contributed by atoms with Crippen LogP contribution in [0.15, 0.2) is 29.2 Å². The molecule has 0 bridgehead atoms. The van der Waals surface area contributed by atoms with E-state index in [-0.39, 0.29) is 16.7 Å². The average molecular weight is 417 g/mol. The van der Waals surface area contributed by atoms with Crippen molar-refractivity contribution in [2.45, 2.75) is 38.2 Å². The Kier molecular flexibility index (Phi) is 6.51. The Balaban J connectivity index is 1.58. The Morgan fingerprint density at radius 1 is 1.36 bits per heavy atom. The van der Waals surface area contributed by atoms with Crippen LogP contribution in [0.1, 0.15) is 28.9 Å². The molecule has 1 N–H and O–H groups in total. The molecule has 1 amide bonds. The Morgan fingerprint density at radius 2 is 2.14 bits per heavy atom. The highest BCUT2D eigenvalue weighted by Gasteiger charge is 2.19. The van der Waals surface area contributed by atoms with Crippen molar-refractivity contribution in [3.05, 3.63) is 56.7 Å². The molecule has 0 saturated carbocycles. The second kappa shape index (κ2) is 8.87. The molecule has 0 aliphatic heterocycles. The maximum atomic E-state index is 12.6. The van der Waals surface area contributed by atoms with Gasteiger partial charge < -0.3 is 9.88 Å². The van der Waals surface area contributed by atoms with Crippen molar-refractivity contribution < 1.29 is 4.79 Å². The third-order valence-corrected chi connectivity index (χ3v) is 6.95. The van der Waals surface area contributed by atoms with E-state index >= 15 is 0 Å². The normalized spacial score (nSPS) is 12.3. The zero-order valence-corrected chi connectivity index (χ0v) is 18.1. The number of H-pyrrole nitrogens is 1. The predicted octanol–water partition coefficient (Wildman–Crippen LogP) is 3.32. The molecule has 0 fully saturated rings. The van der Waals surface area contributed by atoms with Crippen molar-refractivity contribution in [3.8, 4) is 0 Å². The van der Waals surface area contributed by atoms with Gasteiger partial charge in [0.1, 0.15) is 10.7 Å². The molecule has 6 nitrogen and oxygen atoms in total. The summed E-state index contributed by atoms with van der Waals surface area (Å²) in [6.45, 7) is 6.45. The van der Waals surface area contributed by atoms with Crippen LogP contribution in [0.4, 0.5) is 0 Å². The van der Waals surface area contributed by atoms with Crippen LogP contribution in [0, 0.1) is 13.8 Å². The van der Waals surface area contributed by atoms with E-state index in [2.05, 4.69) is 15.0 Å². The largest absolute Gasteiger partial charge is 0.344 e. The molecule has 148 valence electrons. The number of nitrogens with zero attached hydrogens (tertiary/aromatic N) is 3. The second-order valence-electron chi connectivity index (χ2n) is 6.76. The molecule has 0 aliphatic rings. The highest BCUT2D eigenvalue weighted by Crippen LogP contribution is 2.26. The number of thiophene rings is 1. The maximum Gasteiger partial charge on any atom is 0.259 e. The molecule has 0 aromatic carbocycles. The second-order valence-corrected chi connectivity index (χ2v) is 9.29. The first-order valence-corrected chi connectivity index (χ1v) is 11.0. The number of fused-ring (bicyclic) bond motifs is 1. The molecule has 0 spiro atoms. The van der Waals surface area contributed by atoms with Crippen LogP contribution in [0.2, 0.25) is 0 Å². The fourth-order valence-electron chi connectivity index (χ4n) is 2.89. The molecule has 3 heterocycles. The van der Waals surface area contributed by atoms with Crippen LogP contribution in [-0.4, -0.2) is 44.6 Å². The van der Waals surface area contributed by atoms with Crippen LogP contribution in [0.25, 0.3) is 10.2 Å². The molecule has 0 radical (unpaired) electrons. The van der Waals surface area contributed by atoms with Gasteiger partial charge in [-0.25, -0.2) is 4.98 Å². The fourth-order valence-corrected chi connectivity index (χ4v) is 4.81. The fraction of sp³-hybridized carbons (Fsp3) is 0.400. The lowest BCUT2D eigenvalue weighted by molar-refractivity contribution is -0.128. The molecular weight excluding hydrogens is 392 g/mol. The quantitative estimate of drug-likeness (QED) is 0.639. The van der Waals surface area contributed by atoms with Crippen molar-refractivity contribution in [2.24, 2.45) is 0 Å². The zero-order valence-electron chi connectivity index (χ0n) is 16.5. The van der Waals surface area contributed by atoms with Crippen molar-refractivity contribution >= 4 is 39.2 Å². The van der Waals surface area contributed by atoms with E-state index in [9.17, 15) is 9.59 Å². The lowest BCUT2D eigenvalue weighted by atomic mass is 10.2. The van der Waals surface area contributed by atoms with Gasteiger partial charge in [0.05, 0.1) is 16.4 Å². The van der Waals surface area contributed by atoms with Gasteiger partial charge in [0.25, 0.3) is 5.56 Å². The smallest absolute Gasteiger partial charge is 0.259 e. The van der Waals surface area contributed by atoms with Crippen LogP contribution < -0.4 is 5.56 Å². The number of likely N-dealkylation sites (N-methyl/N-ethyl adjacent to an activating group) is 1. The van der Waals surface area contributed by atoms with Gasteiger partial charge in [-0.1, -0.05) is 6.07 Å². The number of aromatic amines is 1. The first-order valence-electron chi connectivity index (χ1n) is 9.12. The molecule has 3 aromatic heterocycles. The zero-order chi connectivity index (χ0) is 20.3. The number of thioether (sulfide) groups is 1. The third-order valence-electron chi connectivity index (χ3n) is 4.71. The number of hydrogen-bond acceptors (Lipinski definition) is 6. The van der Waals surface area contributed by atoms with E-state index in [1.807, 2.05) is 46.0 Å². The van der Waals surface area contributed by atoms with Crippen molar-refractivity contribution in [1.82, 2.24) is 19.9 Å². The van der Waals surface area contributed by atoms with Gasteiger partial charge in [0, 0.05) is 36.8 Å². The number of rotatable bonds is 7. The number of amides is 1. The summed E-state index contributed by atoms with van der Waals surface area (Å²) in [6.07, 6.45) is 2.49. The number of nitrogens with one attached hydrogen (secondary N) is 1. The van der Waals surface area contributed by atoms with E-state index in [4.69, 9.17) is 0 Å². The Hall–Kier alpha value is -2.19. The van der Waals surface area contributed by atoms with Crippen molar-refractivity contribution in [3.63, 3.8) is 0 Å².